The second-order valence-corrected chi connectivity index (χ2v) is 4.20. The van der Waals surface area contributed by atoms with Crippen LogP contribution in [0.4, 0.5) is 0 Å². The van der Waals surface area contributed by atoms with E-state index in [1.165, 1.54) is 7.11 Å². The minimum Gasteiger partial charge on any atom is -0.468 e. The molecule has 3 atom stereocenters. The van der Waals surface area contributed by atoms with Crippen LogP contribution in [-0.4, -0.2) is 36.9 Å². The first-order valence-corrected chi connectivity index (χ1v) is 5.18. The molecule has 5 heteroatoms. The zero-order chi connectivity index (χ0) is 11.9. The van der Waals surface area contributed by atoms with Gasteiger partial charge in [0.15, 0.2) is 5.41 Å². The largest absolute Gasteiger partial charge is 0.468 e. The Morgan fingerprint density at radius 1 is 1.69 bits per heavy atom. The summed E-state index contributed by atoms with van der Waals surface area (Å²) < 4.78 is 9.60. The molecule has 1 saturated carbocycles. The van der Waals surface area contributed by atoms with E-state index in [2.05, 4.69) is 11.3 Å². The lowest BCUT2D eigenvalue weighted by Gasteiger charge is -2.34. The molecule has 1 N–H and O–H groups in total. The van der Waals surface area contributed by atoms with Crippen LogP contribution in [0.3, 0.4) is 0 Å². The van der Waals surface area contributed by atoms with Crippen molar-refractivity contribution in [3.05, 3.63) is 12.2 Å². The molecule has 2 fully saturated rings. The molecule has 88 valence electrons. The molecule has 0 aromatic rings. The van der Waals surface area contributed by atoms with Gasteiger partial charge in [-0.15, -0.1) is 0 Å². The smallest absolute Gasteiger partial charge is 0.328 e. The summed E-state index contributed by atoms with van der Waals surface area (Å²) in [6, 6.07) is 0. The van der Waals surface area contributed by atoms with Crippen LogP contribution in [0, 0.1) is 11.3 Å². The standard InChI is InChI=1S/C11H14O5/c1-6-8(12)5-7-3-4-16-10(14)11(6,7)9(13)15-2/h7-8,12H,1,3-5H2,2H3/t7-,8-,11+/m0/s1. The Balaban J connectivity index is 2.50. The molecule has 0 radical (unpaired) electrons. The molecule has 1 aliphatic heterocycles. The summed E-state index contributed by atoms with van der Waals surface area (Å²) in [6.07, 6.45) is 0.0784. The van der Waals surface area contributed by atoms with Crippen molar-refractivity contribution < 1.29 is 24.2 Å². The number of methoxy groups -OCH3 is 1. The van der Waals surface area contributed by atoms with E-state index >= 15 is 0 Å². The zero-order valence-electron chi connectivity index (χ0n) is 9.06. The Morgan fingerprint density at radius 2 is 2.38 bits per heavy atom. The predicted molar refractivity (Wildman–Crippen MR) is 53.3 cm³/mol. The Hall–Kier alpha value is -1.36. The average molecular weight is 226 g/mol. The summed E-state index contributed by atoms with van der Waals surface area (Å²) in [5.41, 5.74) is -1.28. The summed E-state index contributed by atoms with van der Waals surface area (Å²) in [7, 11) is 1.22. The maximum Gasteiger partial charge on any atom is 0.328 e. The number of carbonyl (C=O) groups excluding carboxylic acids is 2. The maximum atomic E-state index is 11.9. The van der Waals surface area contributed by atoms with Gasteiger partial charge in [0.2, 0.25) is 0 Å². The van der Waals surface area contributed by atoms with Crippen molar-refractivity contribution in [3.63, 3.8) is 0 Å². The van der Waals surface area contributed by atoms with E-state index < -0.39 is 23.5 Å². The number of aliphatic hydroxyl groups excluding tert-OH is 1. The molecule has 1 heterocycles. The van der Waals surface area contributed by atoms with Gasteiger partial charge in [0, 0.05) is 0 Å². The maximum absolute atomic E-state index is 11.9. The van der Waals surface area contributed by atoms with E-state index in [0.29, 0.717) is 12.8 Å². The Bertz CT molecular complexity index is 351. The van der Waals surface area contributed by atoms with Gasteiger partial charge in [0.05, 0.1) is 19.8 Å². The van der Waals surface area contributed by atoms with Crippen molar-refractivity contribution >= 4 is 11.9 Å². The van der Waals surface area contributed by atoms with E-state index in [0.717, 1.165) is 0 Å². The molecule has 0 aromatic carbocycles. The van der Waals surface area contributed by atoms with E-state index in [4.69, 9.17) is 4.74 Å². The van der Waals surface area contributed by atoms with Gasteiger partial charge in [0.1, 0.15) is 0 Å². The van der Waals surface area contributed by atoms with Crippen molar-refractivity contribution in [2.75, 3.05) is 13.7 Å². The normalized spacial score (nSPS) is 37.9. The van der Waals surface area contributed by atoms with Crippen LogP contribution in [0.15, 0.2) is 12.2 Å². The molecule has 5 nitrogen and oxygen atoms in total. The molecule has 1 aliphatic carbocycles. The van der Waals surface area contributed by atoms with Gasteiger partial charge >= 0.3 is 11.9 Å². The van der Waals surface area contributed by atoms with Crippen LogP contribution < -0.4 is 0 Å². The number of hydrogen-bond donors (Lipinski definition) is 1. The van der Waals surface area contributed by atoms with Gasteiger partial charge < -0.3 is 14.6 Å². The third-order valence-electron chi connectivity index (χ3n) is 3.56. The molecule has 0 aromatic heterocycles. The first kappa shape index (κ1) is 11.1. The molecule has 1 saturated heterocycles. The number of aliphatic hydroxyl groups is 1. The minimum atomic E-state index is -1.48. The Labute approximate surface area is 93.0 Å². The summed E-state index contributed by atoms with van der Waals surface area (Å²) in [6.45, 7) is 3.94. The average Bonchev–Trinajstić information content (AvgIpc) is 2.53. The summed E-state index contributed by atoms with van der Waals surface area (Å²) in [5, 5.41) is 9.74. The second kappa shape index (κ2) is 3.59. The van der Waals surface area contributed by atoms with Crippen LogP contribution in [0.25, 0.3) is 0 Å². The van der Waals surface area contributed by atoms with E-state index in [1.54, 1.807) is 0 Å². The monoisotopic (exact) mass is 226 g/mol. The number of cyclic esters (lactones) is 1. The number of carbonyl (C=O) groups is 2. The third-order valence-corrected chi connectivity index (χ3v) is 3.56. The van der Waals surface area contributed by atoms with Gasteiger partial charge in [-0.1, -0.05) is 6.58 Å². The van der Waals surface area contributed by atoms with E-state index in [1.807, 2.05) is 0 Å². The van der Waals surface area contributed by atoms with Crippen LogP contribution >= 0.6 is 0 Å². The first-order chi connectivity index (χ1) is 7.55. The van der Waals surface area contributed by atoms with Crippen LogP contribution in [0.2, 0.25) is 0 Å². The quantitative estimate of drug-likeness (QED) is 0.388. The highest BCUT2D eigenvalue weighted by molar-refractivity contribution is 6.05. The first-order valence-electron chi connectivity index (χ1n) is 5.18. The van der Waals surface area contributed by atoms with E-state index in [-0.39, 0.29) is 18.1 Å². The zero-order valence-corrected chi connectivity index (χ0v) is 9.06. The van der Waals surface area contributed by atoms with Crippen molar-refractivity contribution in [2.24, 2.45) is 11.3 Å². The minimum absolute atomic E-state index is 0.203. The lowest BCUT2D eigenvalue weighted by atomic mass is 9.73. The van der Waals surface area contributed by atoms with Crippen LogP contribution in [-0.2, 0) is 19.1 Å². The number of ether oxygens (including phenoxy) is 2. The molecule has 0 amide bonds. The molecular formula is C11H14O5. The highest BCUT2D eigenvalue weighted by Crippen LogP contribution is 2.52. The molecule has 2 rings (SSSR count). The topological polar surface area (TPSA) is 72.8 Å². The van der Waals surface area contributed by atoms with Crippen molar-refractivity contribution in [1.82, 2.24) is 0 Å². The van der Waals surface area contributed by atoms with Crippen molar-refractivity contribution in [3.8, 4) is 0 Å². The molecule has 2 aliphatic rings. The Kier molecular flexibility index (Phi) is 2.50. The highest BCUT2D eigenvalue weighted by atomic mass is 16.6. The molecule has 16 heavy (non-hydrogen) atoms. The highest BCUT2D eigenvalue weighted by Gasteiger charge is 2.64. The summed E-state index contributed by atoms with van der Waals surface area (Å²) >= 11 is 0. The SMILES string of the molecule is C=C1[C@@H](O)C[C@@H]2CCOC(=O)[C@]12C(=O)OC. The predicted octanol–water partition coefficient (Wildman–Crippen LogP) is 0.0297. The van der Waals surface area contributed by atoms with Gasteiger partial charge in [-0.3, -0.25) is 9.59 Å². The van der Waals surface area contributed by atoms with Gasteiger partial charge in [-0.2, -0.15) is 0 Å². The second-order valence-electron chi connectivity index (χ2n) is 4.20. The van der Waals surface area contributed by atoms with E-state index in [9.17, 15) is 14.7 Å². The van der Waals surface area contributed by atoms with Gasteiger partial charge in [0.25, 0.3) is 0 Å². The summed E-state index contributed by atoms with van der Waals surface area (Å²) in [4.78, 5) is 23.7. The van der Waals surface area contributed by atoms with Crippen LogP contribution in [0.1, 0.15) is 12.8 Å². The fourth-order valence-corrected chi connectivity index (χ4v) is 2.70. The van der Waals surface area contributed by atoms with Crippen molar-refractivity contribution in [2.45, 2.75) is 18.9 Å². The van der Waals surface area contributed by atoms with Crippen LogP contribution in [0.5, 0.6) is 0 Å². The Morgan fingerprint density at radius 3 is 3.00 bits per heavy atom. The number of rotatable bonds is 1. The lowest BCUT2D eigenvalue weighted by Crippen LogP contribution is -2.49. The van der Waals surface area contributed by atoms with Gasteiger partial charge in [-0.25, -0.2) is 0 Å². The number of hydrogen-bond acceptors (Lipinski definition) is 5. The molecular weight excluding hydrogens is 212 g/mol. The molecule has 0 unspecified atom stereocenters. The van der Waals surface area contributed by atoms with Crippen molar-refractivity contribution in [1.29, 1.82) is 0 Å². The molecule has 0 spiro atoms. The number of esters is 2. The number of fused-ring (bicyclic) bond motifs is 1. The fraction of sp³-hybridized carbons (Fsp3) is 0.636. The third kappa shape index (κ3) is 1.15. The lowest BCUT2D eigenvalue weighted by molar-refractivity contribution is -0.176. The summed E-state index contributed by atoms with van der Waals surface area (Å²) in [5.74, 6) is -1.58. The fourth-order valence-electron chi connectivity index (χ4n) is 2.70. The molecule has 0 bridgehead atoms. The van der Waals surface area contributed by atoms with Gasteiger partial charge in [-0.05, 0) is 24.3 Å².